The smallest absolute Gasteiger partial charge is 0.224 e. The molecule has 0 spiro atoms. The average molecular weight is 299 g/mol. The van der Waals surface area contributed by atoms with Gasteiger partial charge in [-0.1, -0.05) is 12.1 Å². The van der Waals surface area contributed by atoms with Crippen LogP contribution in [0.3, 0.4) is 0 Å². The molecule has 2 rings (SSSR count). The minimum absolute atomic E-state index is 0. The number of rotatable bonds is 4. The SMILES string of the molecule is COc1cccc(CC(=O)NC2(C)CCNCC2)c1.Cl. The second kappa shape index (κ2) is 7.50. The van der Waals surface area contributed by atoms with Gasteiger partial charge in [0.15, 0.2) is 0 Å². The van der Waals surface area contributed by atoms with Crippen molar-refractivity contribution in [1.82, 2.24) is 10.6 Å². The van der Waals surface area contributed by atoms with E-state index in [0.29, 0.717) is 6.42 Å². The Morgan fingerprint density at radius 1 is 1.40 bits per heavy atom. The third kappa shape index (κ3) is 4.69. The molecule has 1 saturated heterocycles. The van der Waals surface area contributed by atoms with E-state index in [1.165, 1.54) is 0 Å². The van der Waals surface area contributed by atoms with Crippen LogP contribution in [0.5, 0.6) is 5.75 Å². The summed E-state index contributed by atoms with van der Waals surface area (Å²) < 4.78 is 5.17. The molecular weight excluding hydrogens is 276 g/mol. The fourth-order valence-electron chi connectivity index (χ4n) is 2.45. The zero-order valence-electron chi connectivity index (χ0n) is 12.1. The predicted octanol–water partition coefficient (Wildman–Crippen LogP) is 1.92. The van der Waals surface area contributed by atoms with E-state index < -0.39 is 0 Å². The fourth-order valence-corrected chi connectivity index (χ4v) is 2.45. The zero-order chi connectivity index (χ0) is 13.7. The van der Waals surface area contributed by atoms with Crippen molar-refractivity contribution in [2.75, 3.05) is 20.2 Å². The first kappa shape index (κ1) is 16.8. The van der Waals surface area contributed by atoms with Crippen LogP contribution in [0.2, 0.25) is 0 Å². The lowest BCUT2D eigenvalue weighted by molar-refractivity contribution is -0.122. The molecule has 1 aliphatic rings. The highest BCUT2D eigenvalue weighted by atomic mass is 35.5. The highest BCUT2D eigenvalue weighted by Crippen LogP contribution is 2.18. The molecule has 112 valence electrons. The highest BCUT2D eigenvalue weighted by Gasteiger charge is 2.28. The van der Waals surface area contributed by atoms with Gasteiger partial charge in [0, 0.05) is 5.54 Å². The van der Waals surface area contributed by atoms with Gasteiger partial charge in [-0.3, -0.25) is 4.79 Å². The van der Waals surface area contributed by atoms with Crippen LogP contribution in [-0.2, 0) is 11.2 Å². The lowest BCUT2D eigenvalue weighted by Gasteiger charge is -2.35. The summed E-state index contributed by atoms with van der Waals surface area (Å²) in [4.78, 5) is 12.1. The van der Waals surface area contributed by atoms with Crippen molar-refractivity contribution in [3.63, 3.8) is 0 Å². The number of methoxy groups -OCH3 is 1. The van der Waals surface area contributed by atoms with E-state index in [1.807, 2.05) is 24.3 Å². The van der Waals surface area contributed by atoms with E-state index in [4.69, 9.17) is 4.74 Å². The van der Waals surface area contributed by atoms with E-state index >= 15 is 0 Å². The van der Waals surface area contributed by atoms with Crippen molar-refractivity contribution in [2.24, 2.45) is 0 Å². The van der Waals surface area contributed by atoms with Gasteiger partial charge in [0.05, 0.1) is 13.5 Å². The largest absolute Gasteiger partial charge is 0.497 e. The Balaban J connectivity index is 0.00000200. The number of ether oxygens (including phenoxy) is 1. The van der Waals surface area contributed by atoms with Crippen LogP contribution in [-0.4, -0.2) is 31.6 Å². The lowest BCUT2D eigenvalue weighted by atomic mass is 9.90. The van der Waals surface area contributed by atoms with E-state index in [0.717, 1.165) is 37.2 Å². The maximum absolute atomic E-state index is 12.1. The summed E-state index contributed by atoms with van der Waals surface area (Å²) in [5, 5.41) is 6.47. The molecule has 1 aliphatic heterocycles. The number of halogens is 1. The summed E-state index contributed by atoms with van der Waals surface area (Å²) in [5.41, 5.74) is 0.913. The van der Waals surface area contributed by atoms with Crippen LogP contribution in [0.1, 0.15) is 25.3 Å². The lowest BCUT2D eigenvalue weighted by Crippen LogP contribution is -2.52. The molecule has 1 amide bonds. The van der Waals surface area contributed by atoms with Gasteiger partial charge in [0.2, 0.25) is 5.91 Å². The van der Waals surface area contributed by atoms with Gasteiger partial charge in [-0.05, 0) is 50.6 Å². The maximum atomic E-state index is 12.1. The molecule has 1 aromatic rings. The molecule has 4 nitrogen and oxygen atoms in total. The van der Waals surface area contributed by atoms with Crippen molar-refractivity contribution >= 4 is 18.3 Å². The summed E-state index contributed by atoms with van der Waals surface area (Å²) in [6, 6.07) is 7.65. The molecule has 0 atom stereocenters. The number of carbonyl (C=O) groups excluding carboxylic acids is 1. The van der Waals surface area contributed by atoms with Gasteiger partial charge in [-0.2, -0.15) is 0 Å². The second-order valence-electron chi connectivity index (χ2n) is 5.39. The first-order valence-electron chi connectivity index (χ1n) is 6.76. The van der Waals surface area contributed by atoms with Crippen LogP contribution >= 0.6 is 12.4 Å². The second-order valence-corrected chi connectivity index (χ2v) is 5.39. The van der Waals surface area contributed by atoms with E-state index in [2.05, 4.69) is 17.6 Å². The van der Waals surface area contributed by atoms with Gasteiger partial charge in [-0.15, -0.1) is 12.4 Å². The quantitative estimate of drug-likeness (QED) is 0.893. The standard InChI is InChI=1S/C15H22N2O2.ClH/c1-15(6-8-16-9-7-15)17-14(18)11-12-4-3-5-13(10-12)19-2;/h3-5,10,16H,6-9,11H2,1-2H3,(H,17,18);1H. The van der Waals surface area contributed by atoms with Crippen molar-refractivity contribution in [3.8, 4) is 5.75 Å². The van der Waals surface area contributed by atoms with Crippen LogP contribution in [0.25, 0.3) is 0 Å². The molecular formula is C15H23ClN2O2. The Morgan fingerprint density at radius 3 is 2.75 bits per heavy atom. The van der Waals surface area contributed by atoms with Gasteiger partial charge in [-0.25, -0.2) is 0 Å². The van der Waals surface area contributed by atoms with Crippen LogP contribution < -0.4 is 15.4 Å². The molecule has 20 heavy (non-hydrogen) atoms. The molecule has 0 saturated carbocycles. The summed E-state index contributed by atoms with van der Waals surface area (Å²) in [5.74, 6) is 0.871. The number of carbonyl (C=O) groups is 1. The van der Waals surface area contributed by atoms with E-state index in [9.17, 15) is 4.79 Å². The monoisotopic (exact) mass is 298 g/mol. The molecule has 5 heteroatoms. The molecule has 1 fully saturated rings. The fraction of sp³-hybridized carbons (Fsp3) is 0.533. The minimum Gasteiger partial charge on any atom is -0.497 e. The topological polar surface area (TPSA) is 50.4 Å². The Kier molecular flexibility index (Phi) is 6.30. The predicted molar refractivity (Wildman–Crippen MR) is 82.6 cm³/mol. The summed E-state index contributed by atoms with van der Waals surface area (Å²) >= 11 is 0. The molecule has 1 heterocycles. The van der Waals surface area contributed by atoms with Gasteiger partial charge >= 0.3 is 0 Å². The Labute approximate surface area is 126 Å². The third-order valence-electron chi connectivity index (χ3n) is 3.65. The normalized spacial score (nSPS) is 16.9. The van der Waals surface area contributed by atoms with Crippen LogP contribution in [0.15, 0.2) is 24.3 Å². The average Bonchev–Trinajstić information content (AvgIpc) is 2.39. The summed E-state index contributed by atoms with van der Waals surface area (Å²) in [6.45, 7) is 4.06. The number of benzene rings is 1. The first-order chi connectivity index (χ1) is 9.11. The summed E-state index contributed by atoms with van der Waals surface area (Å²) in [7, 11) is 1.63. The van der Waals surface area contributed by atoms with Crippen LogP contribution in [0, 0.1) is 0 Å². The van der Waals surface area contributed by atoms with E-state index in [1.54, 1.807) is 7.11 Å². The molecule has 1 aromatic carbocycles. The number of piperidine rings is 1. The Morgan fingerprint density at radius 2 is 2.10 bits per heavy atom. The van der Waals surface area contributed by atoms with Crippen molar-refractivity contribution in [3.05, 3.63) is 29.8 Å². The molecule has 0 unspecified atom stereocenters. The Bertz CT molecular complexity index is 445. The number of hydrogen-bond donors (Lipinski definition) is 2. The minimum atomic E-state index is -0.0683. The molecule has 0 aliphatic carbocycles. The van der Waals surface area contributed by atoms with Crippen LogP contribution in [0.4, 0.5) is 0 Å². The molecule has 2 N–H and O–H groups in total. The van der Waals surface area contributed by atoms with Crippen molar-refractivity contribution in [2.45, 2.75) is 31.7 Å². The highest BCUT2D eigenvalue weighted by molar-refractivity contribution is 5.85. The molecule has 0 radical (unpaired) electrons. The summed E-state index contributed by atoms with van der Waals surface area (Å²) in [6.07, 6.45) is 2.37. The van der Waals surface area contributed by atoms with Gasteiger partial charge < -0.3 is 15.4 Å². The van der Waals surface area contributed by atoms with Gasteiger partial charge in [0.25, 0.3) is 0 Å². The number of hydrogen-bond acceptors (Lipinski definition) is 3. The van der Waals surface area contributed by atoms with E-state index in [-0.39, 0.29) is 23.9 Å². The van der Waals surface area contributed by atoms with Gasteiger partial charge in [0.1, 0.15) is 5.75 Å². The maximum Gasteiger partial charge on any atom is 0.224 e. The van der Waals surface area contributed by atoms with Crippen molar-refractivity contribution in [1.29, 1.82) is 0 Å². The van der Waals surface area contributed by atoms with Crippen molar-refractivity contribution < 1.29 is 9.53 Å². The molecule has 0 bridgehead atoms. The number of amides is 1. The molecule has 0 aromatic heterocycles. The number of nitrogens with one attached hydrogen (secondary N) is 2. The third-order valence-corrected chi connectivity index (χ3v) is 3.65. The first-order valence-corrected chi connectivity index (χ1v) is 6.76. The zero-order valence-corrected chi connectivity index (χ0v) is 12.9. The Hall–Kier alpha value is -1.26.